The quantitative estimate of drug-likeness (QED) is 0.808. The molecule has 2 saturated carbocycles. The van der Waals surface area contributed by atoms with Gasteiger partial charge in [0.2, 0.25) is 0 Å². The van der Waals surface area contributed by atoms with E-state index < -0.39 is 0 Å². The summed E-state index contributed by atoms with van der Waals surface area (Å²) in [5.74, 6) is 0. The molecular weight excluding hydrogens is 250 g/mol. The van der Waals surface area contributed by atoms with E-state index >= 15 is 0 Å². The summed E-state index contributed by atoms with van der Waals surface area (Å²) in [5, 5.41) is 13.7. The molecule has 0 spiro atoms. The third kappa shape index (κ3) is 3.19. The van der Waals surface area contributed by atoms with Gasteiger partial charge in [0, 0.05) is 43.3 Å². The number of hydrogen-bond donors (Lipinski definition) is 2. The molecule has 0 bridgehead atoms. The average molecular weight is 281 g/mol. The largest absolute Gasteiger partial charge is 0.394 e. The molecule has 2 N–H and O–H groups in total. The van der Waals surface area contributed by atoms with E-state index in [1.54, 1.807) is 0 Å². The van der Waals surface area contributed by atoms with Gasteiger partial charge in [0.15, 0.2) is 0 Å². The highest BCUT2D eigenvalue weighted by Crippen LogP contribution is 2.35. The van der Waals surface area contributed by atoms with E-state index in [0.717, 1.165) is 12.8 Å². The molecule has 2 aliphatic carbocycles. The standard InChI is InChI=1S/C16H31N3O/c1-13-11-19(9-8-18(13)2)15-4-3-7-16(10-15,12-20)17-14-5-6-14/h13-15,17,20H,3-12H2,1-2H3. The van der Waals surface area contributed by atoms with Crippen molar-refractivity contribution in [2.45, 2.75) is 69.1 Å². The van der Waals surface area contributed by atoms with Gasteiger partial charge in [-0.2, -0.15) is 0 Å². The van der Waals surface area contributed by atoms with Crippen LogP contribution in [0.5, 0.6) is 0 Å². The summed E-state index contributed by atoms with van der Waals surface area (Å²) >= 11 is 0. The van der Waals surface area contributed by atoms with Crippen molar-refractivity contribution < 1.29 is 5.11 Å². The number of piperazine rings is 1. The maximum Gasteiger partial charge on any atom is 0.0613 e. The highest BCUT2D eigenvalue weighted by atomic mass is 16.3. The van der Waals surface area contributed by atoms with E-state index in [4.69, 9.17) is 0 Å². The second kappa shape index (κ2) is 5.91. The molecule has 4 heteroatoms. The molecule has 3 unspecified atom stereocenters. The van der Waals surface area contributed by atoms with Crippen LogP contribution < -0.4 is 5.32 Å². The van der Waals surface area contributed by atoms with Gasteiger partial charge < -0.3 is 15.3 Å². The van der Waals surface area contributed by atoms with Crippen molar-refractivity contribution in [2.75, 3.05) is 33.3 Å². The SMILES string of the molecule is CC1CN(C2CCCC(CO)(NC3CC3)C2)CCN1C. The van der Waals surface area contributed by atoms with Gasteiger partial charge in [-0.05, 0) is 52.5 Å². The van der Waals surface area contributed by atoms with Crippen LogP contribution in [0.1, 0.15) is 45.4 Å². The van der Waals surface area contributed by atoms with Crippen LogP contribution in [0.4, 0.5) is 0 Å². The smallest absolute Gasteiger partial charge is 0.0613 e. The number of hydrogen-bond acceptors (Lipinski definition) is 4. The van der Waals surface area contributed by atoms with E-state index in [1.807, 2.05) is 0 Å². The number of rotatable bonds is 4. The van der Waals surface area contributed by atoms with Crippen LogP contribution in [0.3, 0.4) is 0 Å². The normalized spacial score (nSPS) is 41.0. The fraction of sp³-hybridized carbons (Fsp3) is 1.00. The molecule has 3 fully saturated rings. The van der Waals surface area contributed by atoms with Gasteiger partial charge in [0.1, 0.15) is 0 Å². The Kier molecular flexibility index (Phi) is 4.37. The second-order valence-corrected chi connectivity index (χ2v) is 7.43. The fourth-order valence-corrected chi connectivity index (χ4v) is 4.03. The molecule has 3 atom stereocenters. The molecule has 0 aromatic heterocycles. The van der Waals surface area contributed by atoms with E-state index in [-0.39, 0.29) is 5.54 Å². The van der Waals surface area contributed by atoms with E-state index in [1.165, 1.54) is 45.3 Å². The number of nitrogens with one attached hydrogen (secondary N) is 1. The van der Waals surface area contributed by atoms with E-state index in [0.29, 0.717) is 24.7 Å². The van der Waals surface area contributed by atoms with Crippen LogP contribution in [0.25, 0.3) is 0 Å². The Morgan fingerprint density at radius 2 is 2.05 bits per heavy atom. The molecule has 3 rings (SSSR count). The Balaban J connectivity index is 1.61. The zero-order valence-corrected chi connectivity index (χ0v) is 13.1. The molecule has 116 valence electrons. The average Bonchev–Trinajstić information content (AvgIpc) is 3.26. The Morgan fingerprint density at radius 3 is 2.70 bits per heavy atom. The van der Waals surface area contributed by atoms with E-state index in [9.17, 15) is 5.11 Å². The summed E-state index contributed by atoms with van der Waals surface area (Å²) < 4.78 is 0. The first-order valence-electron chi connectivity index (χ1n) is 8.45. The number of aliphatic hydroxyl groups is 1. The minimum Gasteiger partial charge on any atom is -0.394 e. The Morgan fingerprint density at radius 1 is 1.25 bits per heavy atom. The first-order valence-corrected chi connectivity index (χ1v) is 8.45. The lowest BCUT2D eigenvalue weighted by molar-refractivity contribution is 0.0199. The summed E-state index contributed by atoms with van der Waals surface area (Å²) in [6.45, 7) is 6.20. The predicted octanol–water partition coefficient (Wildman–Crippen LogP) is 1.05. The molecule has 1 aliphatic heterocycles. The first kappa shape index (κ1) is 14.8. The summed E-state index contributed by atoms with van der Waals surface area (Å²) in [5.41, 5.74) is 0.0106. The maximum atomic E-state index is 9.94. The van der Waals surface area contributed by atoms with Crippen LogP contribution in [-0.2, 0) is 0 Å². The molecule has 0 amide bonds. The van der Waals surface area contributed by atoms with Crippen LogP contribution in [0.2, 0.25) is 0 Å². The summed E-state index contributed by atoms with van der Waals surface area (Å²) in [7, 11) is 2.23. The monoisotopic (exact) mass is 281 g/mol. The molecular formula is C16H31N3O. The molecule has 1 heterocycles. The summed E-state index contributed by atoms with van der Waals surface area (Å²) in [6.07, 6.45) is 7.46. The second-order valence-electron chi connectivity index (χ2n) is 7.43. The highest BCUT2D eigenvalue weighted by molar-refractivity contribution is 5.01. The van der Waals surface area contributed by atoms with Crippen molar-refractivity contribution >= 4 is 0 Å². The van der Waals surface area contributed by atoms with E-state index in [2.05, 4.69) is 29.1 Å². The highest BCUT2D eigenvalue weighted by Gasteiger charge is 2.41. The van der Waals surface area contributed by atoms with Crippen molar-refractivity contribution in [2.24, 2.45) is 0 Å². The van der Waals surface area contributed by atoms with Gasteiger partial charge >= 0.3 is 0 Å². The van der Waals surface area contributed by atoms with Crippen molar-refractivity contribution in [3.63, 3.8) is 0 Å². The first-order chi connectivity index (χ1) is 9.62. The Labute approximate surface area is 123 Å². The van der Waals surface area contributed by atoms with Crippen LogP contribution in [-0.4, -0.2) is 71.9 Å². The Hall–Kier alpha value is -0.160. The molecule has 1 saturated heterocycles. The fourth-order valence-electron chi connectivity index (χ4n) is 4.03. The van der Waals surface area contributed by atoms with Gasteiger partial charge in [-0.15, -0.1) is 0 Å². The molecule has 3 aliphatic rings. The van der Waals surface area contributed by atoms with Gasteiger partial charge in [0.05, 0.1) is 6.61 Å². The molecule has 0 radical (unpaired) electrons. The lowest BCUT2D eigenvalue weighted by atomic mass is 9.78. The van der Waals surface area contributed by atoms with Crippen molar-refractivity contribution in [3.05, 3.63) is 0 Å². The zero-order chi connectivity index (χ0) is 14.2. The number of aliphatic hydroxyl groups excluding tert-OH is 1. The van der Waals surface area contributed by atoms with Gasteiger partial charge in [-0.3, -0.25) is 4.90 Å². The van der Waals surface area contributed by atoms with Crippen molar-refractivity contribution in [1.29, 1.82) is 0 Å². The van der Waals surface area contributed by atoms with Crippen molar-refractivity contribution in [3.8, 4) is 0 Å². The predicted molar refractivity (Wildman–Crippen MR) is 81.9 cm³/mol. The minimum absolute atomic E-state index is 0.0106. The lowest BCUT2D eigenvalue weighted by Crippen LogP contribution is -2.60. The Bertz CT molecular complexity index is 334. The number of nitrogens with zero attached hydrogens (tertiary/aromatic N) is 2. The molecule has 0 aromatic rings. The van der Waals surface area contributed by atoms with Gasteiger partial charge in [0.25, 0.3) is 0 Å². The topological polar surface area (TPSA) is 38.7 Å². The van der Waals surface area contributed by atoms with Crippen molar-refractivity contribution in [1.82, 2.24) is 15.1 Å². The molecule has 20 heavy (non-hydrogen) atoms. The zero-order valence-electron chi connectivity index (χ0n) is 13.1. The van der Waals surface area contributed by atoms with Crippen LogP contribution in [0.15, 0.2) is 0 Å². The third-order valence-electron chi connectivity index (χ3n) is 5.72. The third-order valence-corrected chi connectivity index (χ3v) is 5.72. The lowest BCUT2D eigenvalue weighted by Gasteiger charge is -2.48. The number of likely N-dealkylation sites (N-methyl/N-ethyl adjacent to an activating group) is 1. The minimum atomic E-state index is 0.0106. The molecule has 0 aromatic carbocycles. The van der Waals surface area contributed by atoms with Gasteiger partial charge in [-0.1, -0.05) is 0 Å². The van der Waals surface area contributed by atoms with Gasteiger partial charge in [-0.25, -0.2) is 0 Å². The molecule has 4 nitrogen and oxygen atoms in total. The van der Waals surface area contributed by atoms with Crippen LogP contribution >= 0.6 is 0 Å². The van der Waals surface area contributed by atoms with Crippen LogP contribution in [0, 0.1) is 0 Å². The summed E-state index contributed by atoms with van der Waals surface area (Å²) in [6, 6.07) is 2.01. The summed E-state index contributed by atoms with van der Waals surface area (Å²) in [4.78, 5) is 5.14. The maximum absolute atomic E-state index is 9.94.